The van der Waals surface area contributed by atoms with E-state index in [4.69, 9.17) is 11.6 Å². The van der Waals surface area contributed by atoms with Gasteiger partial charge in [-0.1, -0.05) is 35.9 Å². The minimum atomic E-state index is -0.610. The molecule has 2 rings (SSSR count). The quantitative estimate of drug-likeness (QED) is 0.475. The molecule has 2 aromatic rings. The minimum Gasteiger partial charge on any atom is -0.386 e. The van der Waals surface area contributed by atoms with Crippen LogP contribution in [0.3, 0.4) is 0 Å². The number of hydrogen-bond acceptors (Lipinski definition) is 4. The van der Waals surface area contributed by atoms with Crippen LogP contribution in [-0.4, -0.2) is 43.2 Å². The van der Waals surface area contributed by atoms with Crippen molar-refractivity contribution in [2.75, 3.05) is 27.2 Å². The van der Waals surface area contributed by atoms with E-state index < -0.39 is 6.10 Å². The van der Waals surface area contributed by atoms with Crippen LogP contribution in [0.25, 0.3) is 0 Å². The van der Waals surface area contributed by atoms with E-state index in [1.807, 2.05) is 13.0 Å². The predicted octanol–water partition coefficient (Wildman–Crippen LogP) is 3.25. The first-order valence-electron chi connectivity index (χ1n) is 8.66. The van der Waals surface area contributed by atoms with Gasteiger partial charge >= 0.3 is 0 Å². The van der Waals surface area contributed by atoms with Gasteiger partial charge < -0.3 is 20.6 Å². The Morgan fingerprint density at radius 3 is 2.42 bits per heavy atom. The van der Waals surface area contributed by atoms with E-state index in [0.29, 0.717) is 23.4 Å². The first kappa shape index (κ1) is 20.7. The van der Waals surface area contributed by atoms with Crippen LogP contribution in [0.4, 0.5) is 0 Å². The summed E-state index contributed by atoms with van der Waals surface area (Å²) >= 11 is 7.31. The molecule has 0 aliphatic carbocycles. The standard InChI is InChI=1S/C19H27ClN4OS/c1-4-21-19(23-12-16(25)17-9-10-18(20)26-17)22-11-14-5-7-15(8-6-14)13-24(2)3/h5-10,16,25H,4,11-13H2,1-3H3,(H2,21,22,23). The van der Waals surface area contributed by atoms with E-state index in [0.717, 1.165) is 23.5 Å². The van der Waals surface area contributed by atoms with Crippen LogP contribution < -0.4 is 10.6 Å². The Balaban J connectivity index is 1.91. The Kier molecular flexibility index (Phi) is 8.38. The van der Waals surface area contributed by atoms with Crippen molar-refractivity contribution in [2.45, 2.75) is 26.1 Å². The monoisotopic (exact) mass is 394 g/mol. The van der Waals surface area contributed by atoms with Crippen LogP contribution in [0.2, 0.25) is 4.34 Å². The van der Waals surface area contributed by atoms with E-state index >= 15 is 0 Å². The maximum absolute atomic E-state index is 10.2. The van der Waals surface area contributed by atoms with Gasteiger partial charge in [-0.05, 0) is 44.3 Å². The van der Waals surface area contributed by atoms with Gasteiger partial charge in [0.1, 0.15) is 6.10 Å². The van der Waals surface area contributed by atoms with Gasteiger partial charge in [-0.15, -0.1) is 11.3 Å². The van der Waals surface area contributed by atoms with Crippen molar-refractivity contribution in [1.82, 2.24) is 15.5 Å². The number of nitrogens with zero attached hydrogens (tertiary/aromatic N) is 2. The van der Waals surface area contributed by atoms with Crippen molar-refractivity contribution in [2.24, 2.45) is 4.99 Å². The van der Waals surface area contributed by atoms with Gasteiger partial charge in [-0.3, -0.25) is 0 Å². The number of rotatable bonds is 8. The van der Waals surface area contributed by atoms with Crippen LogP contribution in [0.5, 0.6) is 0 Å². The summed E-state index contributed by atoms with van der Waals surface area (Å²) in [7, 11) is 4.12. The van der Waals surface area contributed by atoms with Gasteiger partial charge in [-0.2, -0.15) is 0 Å². The normalized spacial score (nSPS) is 13.1. The third-order valence-electron chi connectivity index (χ3n) is 3.67. The number of nitrogens with one attached hydrogen (secondary N) is 2. The molecule has 3 N–H and O–H groups in total. The largest absolute Gasteiger partial charge is 0.386 e. The zero-order valence-corrected chi connectivity index (χ0v) is 17.1. The van der Waals surface area contributed by atoms with E-state index in [2.05, 4.69) is 58.9 Å². The number of aliphatic imine (C=N–C) groups is 1. The lowest BCUT2D eigenvalue weighted by atomic mass is 10.1. The molecule has 0 aliphatic heterocycles. The molecule has 26 heavy (non-hydrogen) atoms. The predicted molar refractivity (Wildman–Crippen MR) is 111 cm³/mol. The molecule has 142 valence electrons. The third-order valence-corrected chi connectivity index (χ3v) is 5.00. The molecular formula is C19H27ClN4OS. The Morgan fingerprint density at radius 2 is 1.85 bits per heavy atom. The molecule has 0 saturated heterocycles. The number of guanidine groups is 1. The van der Waals surface area contributed by atoms with E-state index in [-0.39, 0.29) is 0 Å². The number of thiophene rings is 1. The molecule has 1 unspecified atom stereocenters. The fraction of sp³-hybridized carbons (Fsp3) is 0.421. The highest BCUT2D eigenvalue weighted by Crippen LogP contribution is 2.26. The number of benzene rings is 1. The molecule has 1 atom stereocenters. The van der Waals surface area contributed by atoms with Gasteiger partial charge in [0.05, 0.1) is 10.9 Å². The maximum Gasteiger partial charge on any atom is 0.191 e. The number of hydrogen-bond donors (Lipinski definition) is 3. The Hall–Kier alpha value is -1.60. The summed E-state index contributed by atoms with van der Waals surface area (Å²) in [6, 6.07) is 12.1. The van der Waals surface area contributed by atoms with Gasteiger partial charge in [0.15, 0.2) is 5.96 Å². The molecule has 0 spiro atoms. The summed E-state index contributed by atoms with van der Waals surface area (Å²) in [5.41, 5.74) is 2.43. The van der Waals surface area contributed by atoms with Crippen molar-refractivity contribution < 1.29 is 5.11 Å². The van der Waals surface area contributed by atoms with Crippen LogP contribution in [-0.2, 0) is 13.1 Å². The summed E-state index contributed by atoms with van der Waals surface area (Å²) < 4.78 is 0.678. The van der Waals surface area contributed by atoms with Crippen LogP contribution in [0.1, 0.15) is 29.0 Å². The van der Waals surface area contributed by atoms with Crippen LogP contribution in [0.15, 0.2) is 41.4 Å². The molecule has 0 amide bonds. The van der Waals surface area contributed by atoms with E-state index in [1.54, 1.807) is 6.07 Å². The lowest BCUT2D eigenvalue weighted by Gasteiger charge is -2.14. The lowest BCUT2D eigenvalue weighted by Crippen LogP contribution is -2.39. The van der Waals surface area contributed by atoms with Gasteiger partial charge in [0.25, 0.3) is 0 Å². The van der Waals surface area contributed by atoms with E-state index in [9.17, 15) is 5.11 Å². The molecule has 5 nitrogen and oxygen atoms in total. The molecule has 0 bridgehead atoms. The fourth-order valence-electron chi connectivity index (χ4n) is 2.43. The lowest BCUT2D eigenvalue weighted by molar-refractivity contribution is 0.184. The second kappa shape index (κ2) is 10.5. The Bertz CT molecular complexity index is 700. The van der Waals surface area contributed by atoms with Crippen molar-refractivity contribution in [3.8, 4) is 0 Å². The third kappa shape index (κ3) is 6.96. The van der Waals surface area contributed by atoms with Gasteiger partial charge in [-0.25, -0.2) is 4.99 Å². The Labute approximate surface area is 164 Å². The molecule has 0 saturated carbocycles. The summed E-state index contributed by atoms with van der Waals surface area (Å²) in [5.74, 6) is 0.687. The number of aliphatic hydroxyl groups excluding tert-OH is 1. The van der Waals surface area contributed by atoms with Crippen molar-refractivity contribution >= 4 is 28.9 Å². The second-order valence-electron chi connectivity index (χ2n) is 6.29. The van der Waals surface area contributed by atoms with Crippen molar-refractivity contribution in [3.05, 3.63) is 56.7 Å². The zero-order chi connectivity index (χ0) is 18.9. The summed E-state index contributed by atoms with van der Waals surface area (Å²) in [4.78, 5) is 7.58. The SMILES string of the molecule is CCNC(=NCc1ccc(CN(C)C)cc1)NCC(O)c1ccc(Cl)s1. The zero-order valence-electron chi connectivity index (χ0n) is 15.5. The minimum absolute atomic E-state index is 0.379. The van der Waals surface area contributed by atoms with Gasteiger partial charge in [0, 0.05) is 24.5 Å². The molecule has 0 fully saturated rings. The molecule has 1 aromatic heterocycles. The van der Waals surface area contributed by atoms with Crippen molar-refractivity contribution in [1.29, 1.82) is 0 Å². The second-order valence-corrected chi connectivity index (χ2v) is 8.03. The fourth-order valence-corrected chi connectivity index (χ4v) is 3.48. The highest BCUT2D eigenvalue weighted by molar-refractivity contribution is 7.16. The molecular weight excluding hydrogens is 368 g/mol. The van der Waals surface area contributed by atoms with Gasteiger partial charge in [0.2, 0.25) is 0 Å². The Morgan fingerprint density at radius 1 is 1.15 bits per heavy atom. The number of halogens is 1. The molecule has 1 heterocycles. The molecule has 1 aromatic carbocycles. The summed E-state index contributed by atoms with van der Waals surface area (Å²) in [6.07, 6.45) is -0.610. The first-order valence-corrected chi connectivity index (χ1v) is 9.85. The molecule has 0 radical (unpaired) electrons. The topological polar surface area (TPSA) is 59.9 Å². The smallest absolute Gasteiger partial charge is 0.191 e. The van der Waals surface area contributed by atoms with Crippen LogP contribution in [0, 0.1) is 0 Å². The molecule has 7 heteroatoms. The van der Waals surface area contributed by atoms with Crippen LogP contribution >= 0.6 is 22.9 Å². The highest BCUT2D eigenvalue weighted by Gasteiger charge is 2.11. The summed E-state index contributed by atoms with van der Waals surface area (Å²) in [6.45, 7) is 4.67. The molecule has 0 aliphatic rings. The highest BCUT2D eigenvalue weighted by atomic mass is 35.5. The van der Waals surface area contributed by atoms with E-state index in [1.165, 1.54) is 16.9 Å². The maximum atomic E-state index is 10.2. The average Bonchev–Trinajstić information content (AvgIpc) is 3.04. The first-order chi connectivity index (χ1) is 12.5. The number of aliphatic hydroxyl groups is 1. The average molecular weight is 395 g/mol. The summed E-state index contributed by atoms with van der Waals surface area (Å²) in [5, 5.41) is 16.6. The van der Waals surface area contributed by atoms with Crippen molar-refractivity contribution in [3.63, 3.8) is 0 Å².